The second-order valence-electron chi connectivity index (χ2n) is 5.84. The zero-order chi connectivity index (χ0) is 18.3. The molecule has 1 aliphatic rings. The number of benzene rings is 1. The number of anilines is 1. The second-order valence-corrected chi connectivity index (χ2v) is 5.84. The Labute approximate surface area is 148 Å². The lowest BCUT2D eigenvalue weighted by Crippen LogP contribution is -2.50. The van der Waals surface area contributed by atoms with Crippen LogP contribution >= 0.6 is 0 Å². The third kappa shape index (κ3) is 2.53. The van der Waals surface area contributed by atoms with E-state index in [4.69, 9.17) is 4.74 Å². The lowest BCUT2D eigenvalue weighted by Gasteiger charge is -2.33. The predicted molar refractivity (Wildman–Crippen MR) is 92.1 cm³/mol. The number of fused-ring (bicyclic) bond motifs is 2. The molecule has 2 aromatic heterocycles. The summed E-state index contributed by atoms with van der Waals surface area (Å²) in [5, 5.41) is 6.81. The third-order valence-electron chi connectivity index (χ3n) is 4.18. The van der Waals surface area contributed by atoms with Gasteiger partial charge in [-0.3, -0.25) is 14.5 Å². The second kappa shape index (κ2) is 6.10. The normalized spacial score (nSPS) is 16.1. The van der Waals surface area contributed by atoms with Gasteiger partial charge in [0.2, 0.25) is 5.82 Å². The molecule has 3 heterocycles. The zero-order valence-corrected chi connectivity index (χ0v) is 14.2. The molecule has 3 aromatic rings. The topological polar surface area (TPSA) is 102 Å². The molecule has 9 heteroatoms. The van der Waals surface area contributed by atoms with Gasteiger partial charge in [-0.2, -0.15) is 4.98 Å². The number of para-hydroxylation sites is 2. The Hall–Kier alpha value is -3.49. The summed E-state index contributed by atoms with van der Waals surface area (Å²) < 4.78 is 7.22. The minimum atomic E-state index is -0.809. The highest BCUT2D eigenvalue weighted by Crippen LogP contribution is 2.33. The highest BCUT2D eigenvalue weighted by atomic mass is 16.5. The molecule has 0 spiro atoms. The van der Waals surface area contributed by atoms with Crippen molar-refractivity contribution in [1.29, 1.82) is 0 Å². The van der Waals surface area contributed by atoms with Crippen molar-refractivity contribution in [1.82, 2.24) is 24.9 Å². The molecule has 0 bridgehead atoms. The van der Waals surface area contributed by atoms with Crippen LogP contribution in [-0.2, 0) is 4.79 Å². The van der Waals surface area contributed by atoms with Crippen molar-refractivity contribution in [2.45, 2.75) is 13.0 Å². The summed E-state index contributed by atoms with van der Waals surface area (Å²) in [6, 6.07) is 8.83. The largest absolute Gasteiger partial charge is 0.477 e. The predicted octanol–water partition coefficient (Wildman–Crippen LogP) is 0.587. The molecule has 0 aliphatic carbocycles. The van der Waals surface area contributed by atoms with Gasteiger partial charge in [0.25, 0.3) is 17.6 Å². The molecule has 0 radical (unpaired) electrons. The summed E-state index contributed by atoms with van der Waals surface area (Å²) in [4.78, 5) is 34.9. The summed E-state index contributed by atoms with van der Waals surface area (Å²) in [5.74, 6) is 0.0907. The van der Waals surface area contributed by atoms with Crippen LogP contribution in [0.4, 0.5) is 5.69 Å². The number of nitrogens with one attached hydrogen (secondary N) is 1. The standard InChI is InChI=1S/C17H16N6O3/c1-10-7-8-19-17-20-14(21-23(10)17)16(25)22-9-13(15(24)18-2)26-12-6-4-3-5-11(12)22/h3-8,13H,9H2,1-2H3,(H,18,24)/t13-/m0/s1. The smallest absolute Gasteiger partial charge is 0.298 e. The number of ether oxygens (including phenoxy) is 1. The van der Waals surface area contributed by atoms with Crippen LogP contribution in [0, 0.1) is 6.92 Å². The van der Waals surface area contributed by atoms with E-state index in [1.165, 1.54) is 16.5 Å². The van der Waals surface area contributed by atoms with Gasteiger partial charge in [-0.25, -0.2) is 9.50 Å². The molecule has 0 unspecified atom stereocenters. The Morgan fingerprint density at radius 1 is 1.27 bits per heavy atom. The van der Waals surface area contributed by atoms with Crippen LogP contribution in [0.15, 0.2) is 36.5 Å². The third-order valence-corrected chi connectivity index (χ3v) is 4.18. The van der Waals surface area contributed by atoms with Crippen molar-refractivity contribution >= 4 is 23.3 Å². The van der Waals surface area contributed by atoms with Crippen LogP contribution in [0.25, 0.3) is 5.78 Å². The first-order valence-electron chi connectivity index (χ1n) is 8.06. The maximum absolute atomic E-state index is 13.1. The molecule has 9 nitrogen and oxygen atoms in total. The lowest BCUT2D eigenvalue weighted by atomic mass is 10.1. The van der Waals surface area contributed by atoms with E-state index < -0.39 is 12.0 Å². The quantitative estimate of drug-likeness (QED) is 0.724. The first-order chi connectivity index (χ1) is 12.6. The highest BCUT2D eigenvalue weighted by molar-refractivity contribution is 6.05. The molecule has 2 amide bonds. The maximum atomic E-state index is 13.1. The van der Waals surface area contributed by atoms with E-state index in [0.29, 0.717) is 17.2 Å². The van der Waals surface area contributed by atoms with E-state index in [1.54, 1.807) is 36.5 Å². The zero-order valence-electron chi connectivity index (χ0n) is 14.2. The van der Waals surface area contributed by atoms with Gasteiger partial charge in [-0.05, 0) is 25.1 Å². The SMILES string of the molecule is CNC(=O)[C@@H]1CN(C(=O)c2nc3nccc(C)n3n2)c2ccccc2O1. The number of amides is 2. The Bertz CT molecular complexity index is 1010. The molecule has 0 saturated carbocycles. The molecule has 1 aliphatic heterocycles. The number of aromatic nitrogens is 4. The van der Waals surface area contributed by atoms with Crippen molar-refractivity contribution in [2.24, 2.45) is 0 Å². The molecule has 26 heavy (non-hydrogen) atoms. The van der Waals surface area contributed by atoms with Gasteiger partial charge < -0.3 is 10.1 Å². The maximum Gasteiger partial charge on any atom is 0.298 e. The number of likely N-dealkylation sites (N-methyl/N-ethyl adjacent to an activating group) is 1. The van der Waals surface area contributed by atoms with E-state index in [9.17, 15) is 9.59 Å². The van der Waals surface area contributed by atoms with Gasteiger partial charge in [0, 0.05) is 18.9 Å². The number of aryl methyl sites for hydroxylation is 1. The van der Waals surface area contributed by atoms with Gasteiger partial charge in [0.15, 0.2) is 6.10 Å². The molecular formula is C17H16N6O3. The molecule has 1 N–H and O–H groups in total. The number of nitrogens with zero attached hydrogens (tertiary/aromatic N) is 5. The summed E-state index contributed by atoms with van der Waals surface area (Å²) in [5.41, 5.74) is 1.38. The van der Waals surface area contributed by atoms with Crippen molar-refractivity contribution in [3.05, 3.63) is 48.0 Å². The average molecular weight is 352 g/mol. The number of carbonyl (C=O) groups is 2. The van der Waals surface area contributed by atoms with Crippen molar-refractivity contribution in [3.63, 3.8) is 0 Å². The Kier molecular flexibility index (Phi) is 3.76. The highest BCUT2D eigenvalue weighted by Gasteiger charge is 2.35. The average Bonchev–Trinajstić information content (AvgIpc) is 3.11. The summed E-state index contributed by atoms with van der Waals surface area (Å²) in [6.45, 7) is 1.92. The fraction of sp³-hybridized carbons (Fsp3) is 0.235. The van der Waals surface area contributed by atoms with E-state index in [2.05, 4.69) is 20.4 Å². The Morgan fingerprint density at radius 3 is 2.85 bits per heavy atom. The first kappa shape index (κ1) is 16.0. The van der Waals surface area contributed by atoms with Crippen LogP contribution in [0.3, 0.4) is 0 Å². The number of hydrogen-bond acceptors (Lipinski definition) is 6. The van der Waals surface area contributed by atoms with Gasteiger partial charge in [0.1, 0.15) is 5.75 Å². The van der Waals surface area contributed by atoms with Crippen LogP contribution < -0.4 is 15.0 Å². The van der Waals surface area contributed by atoms with Crippen molar-refractivity contribution in [2.75, 3.05) is 18.5 Å². The van der Waals surface area contributed by atoms with E-state index in [-0.39, 0.29) is 18.3 Å². The van der Waals surface area contributed by atoms with Gasteiger partial charge in [-0.1, -0.05) is 12.1 Å². The monoisotopic (exact) mass is 352 g/mol. The molecular weight excluding hydrogens is 336 g/mol. The van der Waals surface area contributed by atoms with Crippen LogP contribution in [0.1, 0.15) is 16.3 Å². The van der Waals surface area contributed by atoms with E-state index in [1.807, 2.05) is 6.92 Å². The fourth-order valence-corrected chi connectivity index (χ4v) is 2.84. The van der Waals surface area contributed by atoms with Crippen molar-refractivity contribution < 1.29 is 14.3 Å². The molecule has 0 saturated heterocycles. The minimum absolute atomic E-state index is 0.0131. The molecule has 0 fully saturated rings. The van der Waals surface area contributed by atoms with E-state index in [0.717, 1.165) is 5.69 Å². The Balaban J connectivity index is 1.75. The van der Waals surface area contributed by atoms with Crippen molar-refractivity contribution in [3.8, 4) is 5.75 Å². The molecule has 4 rings (SSSR count). The molecule has 132 valence electrons. The lowest BCUT2D eigenvalue weighted by molar-refractivity contribution is -0.127. The summed E-state index contributed by atoms with van der Waals surface area (Å²) in [7, 11) is 1.52. The summed E-state index contributed by atoms with van der Waals surface area (Å²) in [6.07, 6.45) is 0.801. The molecule has 1 aromatic carbocycles. The summed E-state index contributed by atoms with van der Waals surface area (Å²) >= 11 is 0. The van der Waals surface area contributed by atoms with Gasteiger partial charge in [-0.15, -0.1) is 5.10 Å². The minimum Gasteiger partial charge on any atom is -0.477 e. The van der Waals surface area contributed by atoms with Crippen LogP contribution in [0.2, 0.25) is 0 Å². The molecule has 1 atom stereocenters. The van der Waals surface area contributed by atoms with Crippen LogP contribution in [-0.4, -0.2) is 51.1 Å². The van der Waals surface area contributed by atoms with E-state index >= 15 is 0 Å². The van der Waals surface area contributed by atoms with Crippen LogP contribution in [0.5, 0.6) is 5.75 Å². The van der Waals surface area contributed by atoms with Gasteiger partial charge in [0.05, 0.1) is 12.2 Å². The first-order valence-corrected chi connectivity index (χ1v) is 8.06. The number of hydrogen-bond donors (Lipinski definition) is 1. The van der Waals surface area contributed by atoms with Gasteiger partial charge >= 0.3 is 0 Å². The number of carbonyl (C=O) groups excluding carboxylic acids is 2. The number of rotatable bonds is 2. The Morgan fingerprint density at radius 2 is 2.08 bits per heavy atom. The fourth-order valence-electron chi connectivity index (χ4n) is 2.84.